The summed E-state index contributed by atoms with van der Waals surface area (Å²) in [5.74, 6) is -2.23. The maximum absolute atomic E-state index is 13.8. The third-order valence-electron chi connectivity index (χ3n) is 6.88. The largest absolute Gasteiger partial charge is 0.762 e. The van der Waals surface area contributed by atoms with Crippen molar-refractivity contribution in [3.63, 3.8) is 0 Å². The van der Waals surface area contributed by atoms with Crippen LogP contribution < -0.4 is 10.6 Å². The van der Waals surface area contributed by atoms with Gasteiger partial charge in [-0.05, 0) is 30.9 Å². The number of benzene rings is 3. The van der Waals surface area contributed by atoms with E-state index in [-0.39, 0.29) is 16.4 Å². The highest BCUT2D eigenvalue weighted by Crippen LogP contribution is 2.49. The van der Waals surface area contributed by atoms with Crippen molar-refractivity contribution in [2.24, 2.45) is 5.92 Å². The molecule has 190 valence electrons. The summed E-state index contributed by atoms with van der Waals surface area (Å²) in [7, 11) is 0. The van der Waals surface area contributed by atoms with E-state index in [1.54, 1.807) is 72.8 Å². The van der Waals surface area contributed by atoms with Crippen LogP contribution in [0.15, 0.2) is 95.5 Å². The number of aliphatic hydroxyl groups is 1. The summed E-state index contributed by atoms with van der Waals surface area (Å²) in [4.78, 5) is 13.8. The van der Waals surface area contributed by atoms with E-state index in [9.17, 15) is 15.2 Å². The molecule has 2 aliphatic heterocycles. The van der Waals surface area contributed by atoms with E-state index in [2.05, 4.69) is 16.7 Å². The van der Waals surface area contributed by atoms with Gasteiger partial charge in [-0.3, -0.25) is 4.79 Å². The summed E-state index contributed by atoms with van der Waals surface area (Å²) in [5.41, 5.74) is -0.187. The highest BCUT2D eigenvalue weighted by molar-refractivity contribution is 7.63. The number of nitrogens with two attached hydrogens (primary N) is 1. The lowest BCUT2D eigenvalue weighted by Crippen LogP contribution is -2.85. The summed E-state index contributed by atoms with van der Waals surface area (Å²) in [5, 5.41) is 27.7. The van der Waals surface area contributed by atoms with Crippen LogP contribution in [0.1, 0.15) is 46.7 Å². The zero-order valence-electron chi connectivity index (χ0n) is 20.4. The number of piperidine rings is 1. The minimum absolute atomic E-state index is 0.0934. The van der Waals surface area contributed by atoms with Crippen molar-refractivity contribution < 1.29 is 15.2 Å². The SMILES string of the molecule is C1CC[NH2+]CC1.N#CC1=C([S-])NC(O)(c2ccccc2)C(C(=O)c2ccccc2)C1c1ccccc1Cl. The quantitative estimate of drug-likeness (QED) is 0.343. The molecule has 1 saturated heterocycles. The van der Waals surface area contributed by atoms with Gasteiger partial charge in [0.1, 0.15) is 0 Å². The van der Waals surface area contributed by atoms with Crippen LogP contribution in [0.2, 0.25) is 5.02 Å². The maximum Gasteiger partial charge on any atom is 0.172 e. The van der Waals surface area contributed by atoms with Crippen LogP contribution in [-0.2, 0) is 18.4 Å². The molecule has 0 saturated carbocycles. The Kier molecular flexibility index (Phi) is 8.96. The molecule has 0 spiro atoms. The second-order valence-electron chi connectivity index (χ2n) is 9.25. The molecule has 0 bridgehead atoms. The number of nitrogens with one attached hydrogen (secondary N) is 1. The maximum atomic E-state index is 13.8. The van der Waals surface area contributed by atoms with Crippen LogP contribution in [0.5, 0.6) is 0 Å². The van der Waals surface area contributed by atoms with Crippen molar-refractivity contribution in [2.45, 2.75) is 30.9 Å². The predicted octanol–water partition coefficient (Wildman–Crippen LogP) is 4.39. The van der Waals surface area contributed by atoms with Crippen molar-refractivity contribution in [1.29, 1.82) is 5.26 Å². The van der Waals surface area contributed by atoms with Gasteiger partial charge in [0, 0.05) is 27.6 Å². The highest BCUT2D eigenvalue weighted by Gasteiger charge is 2.52. The molecule has 0 aliphatic carbocycles. The third kappa shape index (κ3) is 5.87. The fourth-order valence-electron chi connectivity index (χ4n) is 5.02. The van der Waals surface area contributed by atoms with Crippen LogP contribution in [0.25, 0.3) is 0 Å². The molecular formula is C30H30ClN3O2S. The van der Waals surface area contributed by atoms with Gasteiger partial charge in [-0.2, -0.15) is 5.26 Å². The zero-order chi connectivity index (χ0) is 26.3. The molecule has 1 fully saturated rings. The van der Waals surface area contributed by atoms with E-state index in [0.717, 1.165) is 0 Å². The number of hydrogen-bond acceptors (Lipinski definition) is 5. The number of quaternary nitrogens is 1. The predicted molar refractivity (Wildman–Crippen MR) is 147 cm³/mol. The lowest BCUT2D eigenvalue weighted by atomic mass is 9.68. The van der Waals surface area contributed by atoms with Crippen LogP contribution >= 0.6 is 11.6 Å². The van der Waals surface area contributed by atoms with Crippen molar-refractivity contribution >= 4 is 30.0 Å². The first kappa shape index (κ1) is 26.8. The van der Waals surface area contributed by atoms with E-state index in [1.807, 2.05) is 12.1 Å². The molecule has 3 aromatic carbocycles. The van der Waals surface area contributed by atoms with Crippen molar-refractivity contribution in [2.75, 3.05) is 13.1 Å². The van der Waals surface area contributed by atoms with Gasteiger partial charge in [-0.15, -0.1) is 0 Å². The van der Waals surface area contributed by atoms with Crippen LogP contribution in [0.4, 0.5) is 0 Å². The molecule has 0 radical (unpaired) electrons. The summed E-state index contributed by atoms with van der Waals surface area (Å²) in [6.45, 7) is 2.75. The molecule has 37 heavy (non-hydrogen) atoms. The summed E-state index contributed by atoms with van der Waals surface area (Å²) in [6.07, 6.45) is 4.36. The molecule has 3 aromatic rings. The van der Waals surface area contributed by atoms with Crippen molar-refractivity contribution in [3.05, 3.63) is 117 Å². The number of allylic oxidation sites excluding steroid dienone is 1. The third-order valence-corrected chi connectivity index (χ3v) is 7.54. The summed E-state index contributed by atoms with van der Waals surface area (Å²) in [6, 6.07) is 26.7. The fourth-order valence-corrected chi connectivity index (χ4v) is 5.60. The first-order valence-corrected chi connectivity index (χ1v) is 13.3. The van der Waals surface area contributed by atoms with E-state index in [4.69, 9.17) is 24.2 Å². The average Bonchev–Trinajstić information content (AvgIpc) is 2.95. The first-order valence-electron chi connectivity index (χ1n) is 12.5. The van der Waals surface area contributed by atoms with Gasteiger partial charge < -0.3 is 28.4 Å². The second-order valence-corrected chi connectivity index (χ2v) is 10.1. The van der Waals surface area contributed by atoms with Gasteiger partial charge >= 0.3 is 0 Å². The Morgan fingerprint density at radius 2 is 1.57 bits per heavy atom. The summed E-state index contributed by atoms with van der Waals surface area (Å²) < 4.78 is 0. The van der Waals surface area contributed by atoms with Gasteiger partial charge in [0.05, 0.1) is 25.1 Å². The molecule has 5 rings (SSSR count). The van der Waals surface area contributed by atoms with E-state index < -0.39 is 17.6 Å². The number of carbonyl (C=O) groups is 1. The minimum Gasteiger partial charge on any atom is -0.762 e. The fraction of sp³-hybridized carbons (Fsp3) is 0.267. The Morgan fingerprint density at radius 3 is 2.11 bits per heavy atom. The molecule has 7 heteroatoms. The molecular weight excluding hydrogens is 502 g/mol. The Balaban J connectivity index is 0.000000469. The number of Topliss-reactive ketones (excluding diaryl/α,β-unsaturated/α-hetero) is 1. The molecule has 5 nitrogen and oxygen atoms in total. The van der Waals surface area contributed by atoms with Gasteiger partial charge in [0.25, 0.3) is 0 Å². The monoisotopic (exact) mass is 531 g/mol. The smallest absolute Gasteiger partial charge is 0.172 e. The van der Waals surface area contributed by atoms with Gasteiger partial charge in [-0.25, -0.2) is 0 Å². The molecule has 2 heterocycles. The molecule has 0 aromatic heterocycles. The van der Waals surface area contributed by atoms with Crippen LogP contribution in [-0.4, -0.2) is 24.0 Å². The summed E-state index contributed by atoms with van der Waals surface area (Å²) >= 11 is 12.0. The first-order chi connectivity index (χ1) is 18.0. The zero-order valence-corrected chi connectivity index (χ0v) is 22.0. The molecule has 3 unspecified atom stereocenters. The van der Waals surface area contributed by atoms with Gasteiger partial charge in [-0.1, -0.05) is 95.5 Å². The van der Waals surface area contributed by atoms with Crippen LogP contribution in [0.3, 0.4) is 0 Å². The number of ketones is 1. The van der Waals surface area contributed by atoms with Crippen molar-refractivity contribution in [3.8, 4) is 6.07 Å². The normalized spacial score (nSPS) is 23.2. The average molecular weight is 532 g/mol. The Labute approximate surface area is 228 Å². The molecule has 4 N–H and O–H groups in total. The number of carbonyl (C=O) groups excluding carboxylic acids is 1. The number of nitriles is 1. The van der Waals surface area contributed by atoms with Gasteiger partial charge in [0.15, 0.2) is 11.5 Å². The van der Waals surface area contributed by atoms with E-state index in [0.29, 0.717) is 21.7 Å². The molecule has 2 aliphatic rings. The number of hydrogen-bond donors (Lipinski definition) is 3. The lowest BCUT2D eigenvalue weighted by Gasteiger charge is -2.48. The van der Waals surface area contributed by atoms with Crippen LogP contribution in [0, 0.1) is 17.2 Å². The minimum atomic E-state index is -1.84. The molecule has 0 amide bonds. The number of halogens is 1. The molecule has 3 atom stereocenters. The number of rotatable bonds is 4. The van der Waals surface area contributed by atoms with E-state index >= 15 is 0 Å². The van der Waals surface area contributed by atoms with Gasteiger partial charge in [0.2, 0.25) is 0 Å². The van der Waals surface area contributed by atoms with Crippen molar-refractivity contribution in [1.82, 2.24) is 5.32 Å². The number of nitrogens with zero attached hydrogens (tertiary/aromatic N) is 1. The second kappa shape index (κ2) is 12.4. The topological polar surface area (TPSA) is 89.7 Å². The highest BCUT2D eigenvalue weighted by atomic mass is 35.5. The van der Waals surface area contributed by atoms with E-state index in [1.165, 1.54) is 32.4 Å². The lowest BCUT2D eigenvalue weighted by molar-refractivity contribution is -0.662. The Morgan fingerprint density at radius 1 is 0.973 bits per heavy atom. The Hall–Kier alpha value is -3.21. The Bertz CT molecular complexity index is 1280. The standard InChI is InChI=1S/C25H19ClN2O2S.C5H11N/c26-20-14-8-7-13-18(20)21-19(15-27)24(31)28-25(30,17-11-5-2-6-12-17)22(21)23(29)16-9-3-1-4-10-16;1-2-4-6-5-3-1/h1-14,21-22,28,30-31H;6H,1-5H2.